The summed E-state index contributed by atoms with van der Waals surface area (Å²) in [6.07, 6.45) is 0. The molecular formula is C15H18N2O4. The van der Waals surface area contributed by atoms with Crippen LogP contribution in [-0.4, -0.2) is 41.1 Å². The summed E-state index contributed by atoms with van der Waals surface area (Å²) < 4.78 is 10.8. The second-order valence-electron chi connectivity index (χ2n) is 4.45. The Morgan fingerprint density at radius 2 is 2.19 bits per heavy atom. The Morgan fingerprint density at radius 1 is 1.38 bits per heavy atom. The number of aromatic amines is 1. The van der Waals surface area contributed by atoms with Gasteiger partial charge in [0.15, 0.2) is 0 Å². The van der Waals surface area contributed by atoms with Crippen LogP contribution in [0, 0.1) is 6.92 Å². The van der Waals surface area contributed by atoms with Crippen molar-refractivity contribution in [2.45, 2.75) is 13.8 Å². The maximum atomic E-state index is 11.3. The lowest BCUT2D eigenvalue weighted by Crippen LogP contribution is -2.06. The zero-order valence-electron chi connectivity index (χ0n) is 12.0. The highest BCUT2D eigenvalue weighted by molar-refractivity contribution is 5.96. The minimum atomic E-state index is -1.00. The number of aromatic carboxylic acids is 1. The predicted octanol–water partition coefficient (Wildman–Crippen LogP) is 2.50. The first kappa shape index (κ1) is 15.1. The van der Waals surface area contributed by atoms with Gasteiger partial charge >= 0.3 is 5.97 Å². The molecule has 0 saturated heterocycles. The first-order chi connectivity index (χ1) is 10.1. The lowest BCUT2D eigenvalue weighted by Gasteiger charge is -2.07. The van der Waals surface area contributed by atoms with Crippen molar-refractivity contribution in [3.05, 3.63) is 35.5 Å². The van der Waals surface area contributed by atoms with Crippen molar-refractivity contribution < 1.29 is 19.4 Å². The highest BCUT2D eigenvalue weighted by atomic mass is 16.5. The Bertz CT molecular complexity index is 622. The Kier molecular flexibility index (Phi) is 4.94. The minimum absolute atomic E-state index is 0.182. The highest BCUT2D eigenvalue weighted by Gasteiger charge is 2.18. The monoisotopic (exact) mass is 290 g/mol. The molecule has 0 radical (unpaired) electrons. The summed E-state index contributed by atoms with van der Waals surface area (Å²) in [6, 6.07) is 7.20. The van der Waals surface area contributed by atoms with Crippen LogP contribution < -0.4 is 4.74 Å². The van der Waals surface area contributed by atoms with Crippen LogP contribution in [0.3, 0.4) is 0 Å². The number of carboxylic acids is 1. The van der Waals surface area contributed by atoms with E-state index in [1.54, 1.807) is 25.1 Å². The molecule has 0 atom stereocenters. The first-order valence-electron chi connectivity index (χ1n) is 6.72. The lowest BCUT2D eigenvalue weighted by atomic mass is 10.1. The fourth-order valence-corrected chi connectivity index (χ4v) is 2.00. The van der Waals surface area contributed by atoms with Crippen molar-refractivity contribution in [1.82, 2.24) is 10.2 Å². The van der Waals surface area contributed by atoms with E-state index in [0.29, 0.717) is 42.5 Å². The number of aromatic nitrogens is 2. The van der Waals surface area contributed by atoms with Gasteiger partial charge in [0, 0.05) is 17.9 Å². The first-order valence-corrected chi connectivity index (χ1v) is 6.72. The molecule has 2 N–H and O–H groups in total. The molecule has 6 heteroatoms. The minimum Gasteiger partial charge on any atom is -0.491 e. The van der Waals surface area contributed by atoms with Crippen molar-refractivity contribution in [3.63, 3.8) is 0 Å². The van der Waals surface area contributed by atoms with Crippen LogP contribution >= 0.6 is 0 Å². The summed E-state index contributed by atoms with van der Waals surface area (Å²) in [7, 11) is 0. The lowest BCUT2D eigenvalue weighted by molar-refractivity contribution is 0.0697. The van der Waals surface area contributed by atoms with E-state index in [9.17, 15) is 9.90 Å². The van der Waals surface area contributed by atoms with Crippen LogP contribution in [0.25, 0.3) is 11.3 Å². The summed E-state index contributed by atoms with van der Waals surface area (Å²) >= 11 is 0. The number of aryl methyl sites for hydroxylation is 1. The number of carbonyl (C=O) groups is 1. The molecule has 2 aromatic rings. The Labute approximate surface area is 122 Å². The number of H-pyrrole nitrogens is 1. The summed E-state index contributed by atoms with van der Waals surface area (Å²) in [6.45, 7) is 5.22. The van der Waals surface area contributed by atoms with Gasteiger partial charge in [0.1, 0.15) is 23.6 Å². The van der Waals surface area contributed by atoms with Gasteiger partial charge in [0.25, 0.3) is 0 Å². The molecule has 21 heavy (non-hydrogen) atoms. The third-order valence-corrected chi connectivity index (χ3v) is 2.97. The number of rotatable bonds is 7. The molecule has 1 aromatic heterocycles. The molecule has 0 amide bonds. The summed E-state index contributed by atoms with van der Waals surface area (Å²) in [5.41, 5.74) is 1.82. The van der Waals surface area contributed by atoms with Crippen molar-refractivity contribution in [2.24, 2.45) is 0 Å². The zero-order chi connectivity index (χ0) is 15.2. The SMILES string of the molecule is CCOCCOc1cccc(-c2n[nH]c(C)c2C(=O)O)c1. The maximum absolute atomic E-state index is 11.3. The molecule has 0 bridgehead atoms. The molecular weight excluding hydrogens is 272 g/mol. The van der Waals surface area contributed by atoms with Gasteiger partial charge < -0.3 is 14.6 Å². The van der Waals surface area contributed by atoms with Gasteiger partial charge in [-0.2, -0.15) is 5.10 Å². The molecule has 2 rings (SSSR count). The fraction of sp³-hybridized carbons (Fsp3) is 0.333. The number of hydrogen-bond donors (Lipinski definition) is 2. The largest absolute Gasteiger partial charge is 0.491 e. The molecule has 0 aliphatic carbocycles. The number of nitrogens with one attached hydrogen (secondary N) is 1. The van der Waals surface area contributed by atoms with Crippen LogP contribution in [0.15, 0.2) is 24.3 Å². The summed E-state index contributed by atoms with van der Waals surface area (Å²) in [4.78, 5) is 11.3. The number of nitrogens with zero attached hydrogens (tertiary/aromatic N) is 1. The molecule has 0 fully saturated rings. The van der Waals surface area contributed by atoms with Crippen molar-refractivity contribution in [3.8, 4) is 17.0 Å². The van der Waals surface area contributed by atoms with E-state index < -0.39 is 5.97 Å². The molecule has 1 heterocycles. The second kappa shape index (κ2) is 6.90. The number of ether oxygens (including phenoxy) is 2. The normalized spacial score (nSPS) is 10.6. The van der Waals surface area contributed by atoms with Gasteiger partial charge in [0.2, 0.25) is 0 Å². The van der Waals surface area contributed by atoms with Gasteiger partial charge in [0.05, 0.1) is 6.61 Å². The van der Waals surface area contributed by atoms with Gasteiger partial charge in [-0.05, 0) is 26.0 Å². The van der Waals surface area contributed by atoms with E-state index in [-0.39, 0.29) is 5.56 Å². The van der Waals surface area contributed by atoms with E-state index in [2.05, 4.69) is 10.2 Å². The van der Waals surface area contributed by atoms with Crippen LogP contribution in [-0.2, 0) is 4.74 Å². The Balaban J connectivity index is 2.19. The van der Waals surface area contributed by atoms with Crippen LogP contribution in [0.4, 0.5) is 0 Å². The highest BCUT2D eigenvalue weighted by Crippen LogP contribution is 2.26. The summed E-state index contributed by atoms with van der Waals surface area (Å²) in [5, 5.41) is 16.0. The second-order valence-corrected chi connectivity index (χ2v) is 4.45. The molecule has 1 aromatic carbocycles. The van der Waals surface area contributed by atoms with E-state index in [0.717, 1.165) is 0 Å². The van der Waals surface area contributed by atoms with E-state index in [1.165, 1.54) is 0 Å². The molecule has 0 spiro atoms. The molecule has 0 aliphatic rings. The molecule has 6 nitrogen and oxygen atoms in total. The third-order valence-electron chi connectivity index (χ3n) is 2.97. The van der Waals surface area contributed by atoms with Crippen molar-refractivity contribution in [2.75, 3.05) is 19.8 Å². The Morgan fingerprint density at radius 3 is 2.90 bits per heavy atom. The van der Waals surface area contributed by atoms with Crippen molar-refractivity contribution >= 4 is 5.97 Å². The average Bonchev–Trinajstić information content (AvgIpc) is 2.86. The maximum Gasteiger partial charge on any atom is 0.339 e. The molecule has 112 valence electrons. The van der Waals surface area contributed by atoms with Crippen LogP contribution in [0.5, 0.6) is 5.75 Å². The van der Waals surface area contributed by atoms with E-state index >= 15 is 0 Å². The standard InChI is InChI=1S/C15H18N2O4/c1-3-20-7-8-21-12-6-4-5-11(9-12)14-13(15(18)19)10(2)16-17-14/h4-6,9H,3,7-8H2,1-2H3,(H,16,17)(H,18,19). The van der Waals surface area contributed by atoms with Gasteiger partial charge in [-0.15, -0.1) is 0 Å². The molecule has 0 saturated carbocycles. The van der Waals surface area contributed by atoms with Gasteiger partial charge in [-0.25, -0.2) is 4.79 Å². The third kappa shape index (κ3) is 3.61. The topological polar surface area (TPSA) is 84.4 Å². The number of hydrogen-bond acceptors (Lipinski definition) is 4. The van der Waals surface area contributed by atoms with E-state index in [1.807, 2.05) is 13.0 Å². The van der Waals surface area contributed by atoms with Gasteiger partial charge in [-0.1, -0.05) is 12.1 Å². The van der Waals surface area contributed by atoms with Crippen LogP contribution in [0.2, 0.25) is 0 Å². The number of benzene rings is 1. The smallest absolute Gasteiger partial charge is 0.339 e. The molecule has 0 aliphatic heterocycles. The van der Waals surface area contributed by atoms with Gasteiger partial charge in [-0.3, -0.25) is 5.10 Å². The van der Waals surface area contributed by atoms with Crippen molar-refractivity contribution in [1.29, 1.82) is 0 Å². The number of carboxylic acid groups (broad SMARTS) is 1. The predicted molar refractivity (Wildman–Crippen MR) is 77.7 cm³/mol. The fourth-order valence-electron chi connectivity index (χ4n) is 2.00. The summed E-state index contributed by atoms with van der Waals surface area (Å²) in [5.74, 6) is -0.344. The van der Waals surface area contributed by atoms with Crippen LogP contribution in [0.1, 0.15) is 23.0 Å². The average molecular weight is 290 g/mol. The Hall–Kier alpha value is -2.34. The van der Waals surface area contributed by atoms with E-state index in [4.69, 9.17) is 9.47 Å². The zero-order valence-corrected chi connectivity index (χ0v) is 12.0. The molecule has 0 unspecified atom stereocenters. The quantitative estimate of drug-likeness (QED) is 0.765.